The number of imide groups is 1. The van der Waals surface area contributed by atoms with Crippen LogP contribution in [0.5, 0.6) is 0 Å². The average Bonchev–Trinajstić information content (AvgIpc) is 3.00. The van der Waals surface area contributed by atoms with Crippen LogP contribution in [-0.4, -0.2) is 42.0 Å². The van der Waals surface area contributed by atoms with E-state index < -0.39 is 11.8 Å². The fraction of sp³-hybridized carbons (Fsp3) is 0.278. The Labute approximate surface area is 156 Å². The predicted molar refractivity (Wildman–Crippen MR) is 97.4 cm³/mol. The summed E-state index contributed by atoms with van der Waals surface area (Å²) in [5.74, 6) is -1.09. The minimum Gasteiger partial charge on any atom is -0.268 e. The number of rotatable bonds is 3. The van der Waals surface area contributed by atoms with Gasteiger partial charge < -0.3 is 0 Å². The van der Waals surface area contributed by atoms with E-state index in [1.54, 1.807) is 45.2 Å². The van der Waals surface area contributed by atoms with Crippen LogP contribution in [0.1, 0.15) is 43.5 Å². The van der Waals surface area contributed by atoms with E-state index in [1.165, 1.54) is 4.68 Å². The highest BCUT2D eigenvalue weighted by atomic mass is 16.2. The molecule has 3 aromatic rings. The standard InChI is InChI=1S/C18H19N7O2/c1-10-6-8-14(12(3)19-10)16(26)25(18-21-22-23-24(18)5)17(27)15-9-7-11(2)20-13(15)4/h6-9H,1-5H3. The largest absolute Gasteiger partial charge is 0.269 e. The van der Waals surface area contributed by atoms with Crippen molar-refractivity contribution in [2.75, 3.05) is 4.90 Å². The molecule has 0 radical (unpaired) electrons. The van der Waals surface area contributed by atoms with Crippen molar-refractivity contribution in [2.45, 2.75) is 27.7 Å². The zero-order valence-corrected chi connectivity index (χ0v) is 15.8. The van der Waals surface area contributed by atoms with Crippen LogP contribution in [0.2, 0.25) is 0 Å². The van der Waals surface area contributed by atoms with Crippen molar-refractivity contribution in [2.24, 2.45) is 7.05 Å². The molecule has 27 heavy (non-hydrogen) atoms. The molecule has 3 rings (SSSR count). The van der Waals surface area contributed by atoms with Crippen LogP contribution in [0.3, 0.4) is 0 Å². The summed E-state index contributed by atoms with van der Waals surface area (Å²) < 4.78 is 1.27. The summed E-state index contributed by atoms with van der Waals surface area (Å²) in [6.45, 7) is 7.10. The molecule has 0 aliphatic carbocycles. The summed E-state index contributed by atoms with van der Waals surface area (Å²) >= 11 is 0. The van der Waals surface area contributed by atoms with E-state index in [-0.39, 0.29) is 5.95 Å². The van der Waals surface area contributed by atoms with Gasteiger partial charge in [0.2, 0.25) is 0 Å². The Morgan fingerprint density at radius 1 is 0.852 bits per heavy atom. The van der Waals surface area contributed by atoms with Crippen molar-refractivity contribution >= 4 is 17.8 Å². The van der Waals surface area contributed by atoms with Crippen LogP contribution in [0.25, 0.3) is 0 Å². The topological polar surface area (TPSA) is 107 Å². The molecule has 3 heterocycles. The van der Waals surface area contributed by atoms with E-state index in [0.717, 1.165) is 16.3 Å². The van der Waals surface area contributed by atoms with E-state index >= 15 is 0 Å². The molecule has 9 heteroatoms. The smallest absolute Gasteiger partial charge is 0.268 e. The van der Waals surface area contributed by atoms with Gasteiger partial charge in [0, 0.05) is 18.4 Å². The van der Waals surface area contributed by atoms with Crippen LogP contribution in [0, 0.1) is 27.7 Å². The van der Waals surface area contributed by atoms with Crippen LogP contribution >= 0.6 is 0 Å². The third kappa shape index (κ3) is 3.43. The van der Waals surface area contributed by atoms with Gasteiger partial charge in [-0.1, -0.05) is 5.10 Å². The Bertz CT molecular complexity index is 978. The first-order chi connectivity index (χ1) is 12.8. The summed E-state index contributed by atoms with van der Waals surface area (Å²) in [6.07, 6.45) is 0. The molecule has 0 bridgehead atoms. The predicted octanol–water partition coefficient (Wildman–Crippen LogP) is 1.72. The number of aryl methyl sites for hydroxylation is 5. The Balaban J connectivity index is 2.13. The van der Waals surface area contributed by atoms with Gasteiger partial charge in [-0.05, 0) is 62.4 Å². The first-order valence-electron chi connectivity index (χ1n) is 8.29. The van der Waals surface area contributed by atoms with Crippen molar-refractivity contribution in [1.29, 1.82) is 0 Å². The Hall–Kier alpha value is -3.49. The summed E-state index contributed by atoms with van der Waals surface area (Å²) in [7, 11) is 1.56. The number of amides is 2. The second-order valence-electron chi connectivity index (χ2n) is 6.22. The molecule has 0 saturated carbocycles. The molecular formula is C18H19N7O2. The molecule has 0 aliphatic heterocycles. The fourth-order valence-corrected chi connectivity index (χ4v) is 2.75. The van der Waals surface area contributed by atoms with Gasteiger partial charge in [0.15, 0.2) is 0 Å². The first kappa shape index (κ1) is 18.3. The molecule has 0 aliphatic rings. The Morgan fingerprint density at radius 2 is 1.33 bits per heavy atom. The molecule has 9 nitrogen and oxygen atoms in total. The maximum absolute atomic E-state index is 13.3. The lowest BCUT2D eigenvalue weighted by Gasteiger charge is -2.20. The highest BCUT2D eigenvalue weighted by molar-refractivity contribution is 6.25. The summed E-state index contributed by atoms with van der Waals surface area (Å²) in [5.41, 5.74) is 3.20. The Kier molecular flexibility index (Phi) is 4.76. The lowest BCUT2D eigenvalue weighted by Crippen LogP contribution is -2.40. The van der Waals surface area contributed by atoms with Crippen LogP contribution in [0.15, 0.2) is 24.3 Å². The molecule has 0 N–H and O–H groups in total. The molecule has 138 valence electrons. The first-order valence-corrected chi connectivity index (χ1v) is 8.29. The molecule has 2 amide bonds. The highest BCUT2D eigenvalue weighted by Crippen LogP contribution is 2.20. The summed E-state index contributed by atoms with van der Waals surface area (Å²) in [5, 5.41) is 11.1. The number of aromatic nitrogens is 6. The second-order valence-corrected chi connectivity index (χ2v) is 6.22. The SMILES string of the molecule is Cc1ccc(C(=O)N(C(=O)c2ccc(C)nc2C)c2nnnn2C)c(C)n1. The maximum atomic E-state index is 13.3. The lowest BCUT2D eigenvalue weighted by molar-refractivity contribution is 0.0893. The third-order valence-electron chi connectivity index (χ3n) is 4.11. The number of hydrogen-bond acceptors (Lipinski definition) is 7. The molecular weight excluding hydrogens is 346 g/mol. The van der Waals surface area contributed by atoms with Crippen molar-refractivity contribution in [3.63, 3.8) is 0 Å². The number of nitrogens with zero attached hydrogens (tertiary/aromatic N) is 7. The maximum Gasteiger partial charge on any atom is 0.269 e. The average molecular weight is 365 g/mol. The minimum absolute atomic E-state index is 0.0185. The molecule has 3 aromatic heterocycles. The van der Waals surface area contributed by atoms with Crippen LogP contribution < -0.4 is 4.90 Å². The summed E-state index contributed by atoms with van der Waals surface area (Å²) in [4.78, 5) is 36.1. The van der Waals surface area contributed by atoms with Crippen LogP contribution in [-0.2, 0) is 7.05 Å². The molecule has 0 fully saturated rings. The van der Waals surface area contributed by atoms with E-state index in [0.29, 0.717) is 22.5 Å². The highest BCUT2D eigenvalue weighted by Gasteiger charge is 2.32. The minimum atomic E-state index is -0.553. The van der Waals surface area contributed by atoms with Gasteiger partial charge >= 0.3 is 0 Å². The Morgan fingerprint density at radius 3 is 1.70 bits per heavy atom. The number of hydrogen-bond donors (Lipinski definition) is 0. The van der Waals surface area contributed by atoms with Gasteiger partial charge in [0.05, 0.1) is 22.5 Å². The molecule has 0 aromatic carbocycles. The van der Waals surface area contributed by atoms with Crippen molar-refractivity contribution in [3.8, 4) is 0 Å². The lowest BCUT2D eigenvalue weighted by atomic mass is 10.1. The molecule has 0 unspecified atom stereocenters. The van der Waals surface area contributed by atoms with Crippen LogP contribution in [0.4, 0.5) is 5.95 Å². The molecule has 0 saturated heterocycles. The molecule has 0 spiro atoms. The number of pyridine rings is 2. The van der Waals surface area contributed by atoms with E-state index in [9.17, 15) is 9.59 Å². The zero-order valence-electron chi connectivity index (χ0n) is 15.8. The van der Waals surface area contributed by atoms with Gasteiger partial charge in [-0.3, -0.25) is 19.6 Å². The van der Waals surface area contributed by atoms with Crippen molar-refractivity contribution < 1.29 is 9.59 Å². The number of anilines is 1. The van der Waals surface area contributed by atoms with E-state index in [4.69, 9.17) is 0 Å². The zero-order chi connectivity index (χ0) is 19.7. The number of carbonyl (C=O) groups excluding carboxylic acids is 2. The summed E-state index contributed by atoms with van der Waals surface area (Å²) in [6, 6.07) is 6.72. The quantitative estimate of drug-likeness (QED) is 0.650. The van der Waals surface area contributed by atoms with E-state index in [1.807, 2.05) is 13.8 Å². The van der Waals surface area contributed by atoms with E-state index in [2.05, 4.69) is 25.5 Å². The van der Waals surface area contributed by atoms with Gasteiger partial charge in [-0.2, -0.15) is 0 Å². The van der Waals surface area contributed by atoms with Crippen molar-refractivity contribution in [3.05, 3.63) is 58.2 Å². The third-order valence-corrected chi connectivity index (χ3v) is 4.11. The normalized spacial score (nSPS) is 10.7. The second kappa shape index (κ2) is 7.02. The monoisotopic (exact) mass is 365 g/mol. The number of carbonyl (C=O) groups is 2. The number of tetrazole rings is 1. The fourth-order valence-electron chi connectivity index (χ4n) is 2.75. The van der Waals surface area contributed by atoms with Gasteiger partial charge in [0.25, 0.3) is 17.8 Å². The molecule has 0 atom stereocenters. The van der Waals surface area contributed by atoms with Gasteiger partial charge in [-0.15, -0.1) is 0 Å². The van der Waals surface area contributed by atoms with Gasteiger partial charge in [-0.25, -0.2) is 9.58 Å². The van der Waals surface area contributed by atoms with Crippen molar-refractivity contribution in [1.82, 2.24) is 30.2 Å². The van der Waals surface area contributed by atoms with Gasteiger partial charge in [0.1, 0.15) is 0 Å².